The second-order valence-electron chi connectivity index (χ2n) is 13.3. The highest BCUT2D eigenvalue weighted by Gasteiger charge is 2.71. The fraction of sp³-hybridized carbons (Fsp3) is 0.906. The van der Waals surface area contributed by atoms with Gasteiger partial charge in [0.25, 0.3) is 0 Å². The van der Waals surface area contributed by atoms with Crippen molar-refractivity contribution in [2.75, 3.05) is 0 Å². The van der Waals surface area contributed by atoms with Gasteiger partial charge in [-0.05, 0) is 60.7 Å². The van der Waals surface area contributed by atoms with Gasteiger partial charge in [-0.2, -0.15) is 0 Å². The molecule has 1 nitrogen and oxygen atoms in total. The fourth-order valence-corrected chi connectivity index (χ4v) is 9.20. The van der Waals surface area contributed by atoms with Gasteiger partial charge in [0.2, 0.25) is 0 Å². The van der Waals surface area contributed by atoms with Crippen molar-refractivity contribution in [3.8, 4) is 0 Å². The van der Waals surface area contributed by atoms with Crippen LogP contribution in [0.5, 0.6) is 0 Å². The van der Waals surface area contributed by atoms with Gasteiger partial charge in [0.05, 0.1) is 0 Å². The lowest BCUT2D eigenvalue weighted by atomic mass is 9.60. The molecule has 0 aliphatic heterocycles. The van der Waals surface area contributed by atoms with Gasteiger partial charge >= 0.3 is 0 Å². The summed E-state index contributed by atoms with van der Waals surface area (Å²) >= 11 is 0. The Morgan fingerprint density at radius 1 is 0.848 bits per heavy atom. The van der Waals surface area contributed by atoms with Gasteiger partial charge in [-0.15, -0.1) is 0 Å². The number of carbonyl (C=O) groups is 1. The molecule has 0 aromatic rings. The van der Waals surface area contributed by atoms with Crippen molar-refractivity contribution in [1.82, 2.24) is 0 Å². The monoisotopic (exact) mass is 456 g/mol. The van der Waals surface area contributed by atoms with Crippen molar-refractivity contribution in [1.29, 1.82) is 0 Å². The molecule has 0 saturated heterocycles. The van der Waals surface area contributed by atoms with Crippen molar-refractivity contribution >= 4 is 5.78 Å². The average Bonchev–Trinajstić information content (AvgIpc) is 3.13. The lowest BCUT2D eigenvalue weighted by Gasteiger charge is -2.43. The van der Waals surface area contributed by atoms with E-state index >= 15 is 0 Å². The molecule has 0 amide bonds. The third-order valence-electron chi connectivity index (χ3n) is 10.7. The highest BCUT2D eigenvalue weighted by molar-refractivity contribution is 5.85. The molecule has 0 aromatic carbocycles. The summed E-state index contributed by atoms with van der Waals surface area (Å²) in [6.07, 6.45) is 23.5. The van der Waals surface area contributed by atoms with E-state index in [2.05, 4.69) is 41.2 Å². The Bertz CT molecular complexity index is 659. The van der Waals surface area contributed by atoms with E-state index in [4.69, 9.17) is 0 Å². The van der Waals surface area contributed by atoms with Crippen LogP contribution in [0, 0.1) is 34.0 Å². The van der Waals surface area contributed by atoms with E-state index in [1.54, 1.807) is 0 Å². The number of unbranched alkanes of at least 4 members (excludes halogenated alkanes) is 12. The predicted octanol–water partition coefficient (Wildman–Crippen LogP) is 10.1. The summed E-state index contributed by atoms with van der Waals surface area (Å²) < 4.78 is 0. The Morgan fingerprint density at radius 2 is 1.36 bits per heavy atom. The summed E-state index contributed by atoms with van der Waals surface area (Å²) in [5, 5.41) is 0. The van der Waals surface area contributed by atoms with Gasteiger partial charge in [0, 0.05) is 11.8 Å². The number of ketones is 1. The van der Waals surface area contributed by atoms with Crippen molar-refractivity contribution in [2.45, 2.75) is 150 Å². The number of hydrogen-bond donors (Lipinski definition) is 0. The van der Waals surface area contributed by atoms with Crippen LogP contribution in [-0.2, 0) is 4.79 Å². The van der Waals surface area contributed by atoms with Gasteiger partial charge in [0.1, 0.15) is 5.78 Å². The molecule has 0 heterocycles. The molecule has 0 aromatic heterocycles. The first-order chi connectivity index (χ1) is 15.7. The maximum atomic E-state index is 13.7. The fourth-order valence-electron chi connectivity index (χ4n) is 9.20. The molecule has 0 N–H and O–H groups in total. The zero-order chi connectivity index (χ0) is 24.1. The molecule has 5 unspecified atom stereocenters. The second kappa shape index (κ2) is 11.4. The van der Waals surface area contributed by atoms with Gasteiger partial charge in [0.15, 0.2) is 0 Å². The molecule has 190 valence electrons. The van der Waals surface area contributed by atoms with Crippen molar-refractivity contribution in [3.63, 3.8) is 0 Å². The summed E-state index contributed by atoms with van der Waals surface area (Å²) in [5.74, 6) is 2.44. The Kier molecular flexibility index (Phi) is 9.35. The van der Waals surface area contributed by atoms with Crippen LogP contribution in [0.15, 0.2) is 12.2 Å². The zero-order valence-electron chi connectivity index (χ0n) is 23.1. The smallest absolute Gasteiger partial charge is 0.139 e. The summed E-state index contributed by atoms with van der Waals surface area (Å²) in [4.78, 5) is 13.7. The van der Waals surface area contributed by atoms with Crippen molar-refractivity contribution in [2.24, 2.45) is 34.0 Å². The van der Waals surface area contributed by atoms with Crippen LogP contribution in [0.2, 0.25) is 0 Å². The van der Waals surface area contributed by atoms with Crippen LogP contribution in [0.25, 0.3) is 0 Å². The van der Waals surface area contributed by atoms with Crippen LogP contribution >= 0.6 is 0 Å². The molecular formula is C32H56O. The normalized spacial score (nSPS) is 34.6. The number of hydrogen-bond acceptors (Lipinski definition) is 1. The number of allylic oxidation sites excluding steroid dienone is 1. The van der Waals surface area contributed by atoms with E-state index < -0.39 is 0 Å². The molecule has 3 rings (SSSR count). The van der Waals surface area contributed by atoms with E-state index in [1.807, 2.05) is 0 Å². The minimum atomic E-state index is -0.112. The molecule has 3 fully saturated rings. The van der Waals surface area contributed by atoms with Crippen LogP contribution in [0.1, 0.15) is 150 Å². The van der Waals surface area contributed by atoms with Gasteiger partial charge in [-0.3, -0.25) is 4.79 Å². The first-order valence-corrected chi connectivity index (χ1v) is 14.9. The topological polar surface area (TPSA) is 17.1 Å². The van der Waals surface area contributed by atoms with Crippen LogP contribution < -0.4 is 0 Å². The minimum Gasteiger partial charge on any atom is -0.299 e. The largest absolute Gasteiger partial charge is 0.299 e. The van der Waals surface area contributed by atoms with E-state index in [0.717, 1.165) is 19.3 Å². The molecule has 3 aliphatic rings. The van der Waals surface area contributed by atoms with E-state index in [9.17, 15) is 4.79 Å². The van der Waals surface area contributed by atoms with Gasteiger partial charge in [-0.1, -0.05) is 124 Å². The van der Waals surface area contributed by atoms with Crippen LogP contribution in [-0.4, -0.2) is 5.78 Å². The van der Waals surface area contributed by atoms with Crippen molar-refractivity contribution < 1.29 is 4.79 Å². The molecule has 2 bridgehead atoms. The third-order valence-corrected chi connectivity index (χ3v) is 10.7. The van der Waals surface area contributed by atoms with Crippen molar-refractivity contribution in [3.05, 3.63) is 12.2 Å². The summed E-state index contributed by atoms with van der Waals surface area (Å²) in [6, 6.07) is 0. The Morgan fingerprint density at radius 3 is 1.91 bits per heavy atom. The second-order valence-corrected chi connectivity index (χ2v) is 13.3. The summed E-state index contributed by atoms with van der Waals surface area (Å²) in [5.41, 5.74) is 1.98. The summed E-state index contributed by atoms with van der Waals surface area (Å²) in [6.45, 7) is 16.5. The molecular weight excluding hydrogens is 400 g/mol. The number of Topliss-reactive ketones (excluding diaryl/α,β-unsaturated/α-hetero) is 1. The first-order valence-electron chi connectivity index (χ1n) is 14.9. The standard InChI is InChI=1S/C32H56O/c1-7-8-9-10-11-12-13-14-15-16-17-18-19-20-28(33)31(6)23-26(3)32-22-21-25(2)27(24-32)30(4,5)29(31)32/h26-27,29H,2,7-24H2,1,3-6H3. The predicted molar refractivity (Wildman–Crippen MR) is 143 cm³/mol. The molecule has 33 heavy (non-hydrogen) atoms. The SMILES string of the molecule is C=C1CCC23CC1C(C)(C)C2C(C)(C(=O)CCCCCCCCCCCCCCC)CC3C. The maximum absolute atomic E-state index is 13.7. The number of carbonyl (C=O) groups excluding carboxylic acids is 1. The zero-order valence-corrected chi connectivity index (χ0v) is 23.1. The quantitative estimate of drug-likeness (QED) is 0.177. The van der Waals surface area contributed by atoms with E-state index in [-0.39, 0.29) is 10.8 Å². The Hall–Kier alpha value is -0.590. The lowest BCUT2D eigenvalue weighted by Crippen LogP contribution is -2.42. The first kappa shape index (κ1) is 27.0. The number of fused-ring (bicyclic) bond motifs is 1. The Balaban J connectivity index is 1.37. The minimum absolute atomic E-state index is 0.112. The third kappa shape index (κ3) is 5.48. The molecule has 1 heteroatoms. The van der Waals surface area contributed by atoms with Gasteiger partial charge in [-0.25, -0.2) is 0 Å². The van der Waals surface area contributed by atoms with Crippen LogP contribution in [0.3, 0.4) is 0 Å². The molecule has 3 aliphatic carbocycles. The molecule has 3 saturated carbocycles. The molecule has 1 spiro atoms. The van der Waals surface area contributed by atoms with E-state index in [0.29, 0.717) is 29.0 Å². The average molecular weight is 457 g/mol. The molecule has 0 radical (unpaired) electrons. The highest BCUT2D eigenvalue weighted by atomic mass is 16.1. The number of rotatable bonds is 15. The van der Waals surface area contributed by atoms with Gasteiger partial charge < -0.3 is 0 Å². The van der Waals surface area contributed by atoms with Crippen LogP contribution in [0.4, 0.5) is 0 Å². The molecule has 5 atom stereocenters. The maximum Gasteiger partial charge on any atom is 0.139 e. The highest BCUT2D eigenvalue weighted by Crippen LogP contribution is 2.77. The Labute approximate surface area is 207 Å². The summed E-state index contributed by atoms with van der Waals surface area (Å²) in [7, 11) is 0. The lowest BCUT2D eigenvalue weighted by molar-refractivity contribution is -0.133. The van der Waals surface area contributed by atoms with E-state index in [1.165, 1.54) is 102 Å².